The van der Waals surface area contributed by atoms with Gasteiger partial charge in [0, 0.05) is 31.4 Å². The van der Waals surface area contributed by atoms with Gasteiger partial charge in [-0.25, -0.2) is 0 Å². The Hall–Kier alpha value is -1.84. The molecule has 0 aliphatic carbocycles. The third-order valence-corrected chi connectivity index (χ3v) is 3.38. The minimum Gasteiger partial charge on any atom is -0.370 e. The van der Waals surface area contributed by atoms with E-state index in [4.69, 9.17) is 5.73 Å². The van der Waals surface area contributed by atoms with E-state index >= 15 is 0 Å². The van der Waals surface area contributed by atoms with Crippen molar-refractivity contribution < 1.29 is 13.2 Å². The van der Waals surface area contributed by atoms with Gasteiger partial charge in [-0.1, -0.05) is 18.2 Å². The van der Waals surface area contributed by atoms with Gasteiger partial charge in [0.2, 0.25) is 0 Å². The van der Waals surface area contributed by atoms with Gasteiger partial charge in [-0.3, -0.25) is 9.98 Å². The molecule has 0 radical (unpaired) electrons. The van der Waals surface area contributed by atoms with Gasteiger partial charge < -0.3 is 11.1 Å². The molecule has 0 bridgehead atoms. The van der Waals surface area contributed by atoms with Crippen molar-refractivity contribution in [1.82, 2.24) is 10.3 Å². The molecule has 0 unspecified atom stereocenters. The lowest BCUT2D eigenvalue weighted by molar-refractivity contribution is -0.137. The first-order chi connectivity index (χ1) is 11.4. The number of nitrogens with zero attached hydrogens (tertiary/aromatic N) is 2. The second-order valence-electron chi connectivity index (χ2n) is 5.21. The topological polar surface area (TPSA) is 63.3 Å². The second kappa shape index (κ2) is 10.2. The Morgan fingerprint density at radius 1 is 1.08 bits per heavy atom. The Balaban J connectivity index is 0.00000312. The molecule has 0 saturated heterocycles. The maximum Gasteiger partial charge on any atom is 0.416 e. The predicted molar refractivity (Wildman–Crippen MR) is 103 cm³/mol. The van der Waals surface area contributed by atoms with Crippen LogP contribution in [0.5, 0.6) is 0 Å². The van der Waals surface area contributed by atoms with Gasteiger partial charge >= 0.3 is 6.18 Å². The summed E-state index contributed by atoms with van der Waals surface area (Å²) < 4.78 is 37.4. The highest BCUT2D eigenvalue weighted by molar-refractivity contribution is 14.0. The Morgan fingerprint density at radius 3 is 2.40 bits per heavy atom. The lowest BCUT2D eigenvalue weighted by Gasteiger charge is -2.08. The van der Waals surface area contributed by atoms with Crippen LogP contribution < -0.4 is 11.1 Å². The van der Waals surface area contributed by atoms with E-state index < -0.39 is 11.7 Å². The minimum atomic E-state index is -4.30. The fourth-order valence-corrected chi connectivity index (χ4v) is 2.09. The van der Waals surface area contributed by atoms with Crippen LogP contribution in [-0.2, 0) is 19.0 Å². The Kier molecular flexibility index (Phi) is 8.67. The fourth-order valence-electron chi connectivity index (χ4n) is 2.09. The number of pyridine rings is 1. The fraction of sp³-hybridized carbons (Fsp3) is 0.294. The summed E-state index contributed by atoms with van der Waals surface area (Å²) in [6, 6.07) is 10.8. The number of hydrogen-bond donors (Lipinski definition) is 2. The molecule has 25 heavy (non-hydrogen) atoms. The lowest BCUT2D eigenvalue weighted by Crippen LogP contribution is -2.33. The Bertz CT molecular complexity index is 658. The molecule has 0 aliphatic heterocycles. The molecule has 136 valence electrons. The summed E-state index contributed by atoms with van der Waals surface area (Å²) in [5.41, 5.74) is 6.86. The van der Waals surface area contributed by atoms with E-state index in [0.717, 1.165) is 23.4 Å². The molecule has 1 heterocycles. The van der Waals surface area contributed by atoms with Gasteiger partial charge in [0.05, 0.1) is 5.56 Å². The van der Waals surface area contributed by atoms with Gasteiger partial charge in [-0.15, -0.1) is 24.0 Å². The molecule has 4 nitrogen and oxygen atoms in total. The molecule has 0 aliphatic rings. The summed E-state index contributed by atoms with van der Waals surface area (Å²) in [6.45, 7) is 1.03. The van der Waals surface area contributed by atoms with Crippen LogP contribution in [0.1, 0.15) is 16.8 Å². The lowest BCUT2D eigenvalue weighted by atomic mass is 10.1. The third kappa shape index (κ3) is 7.72. The smallest absolute Gasteiger partial charge is 0.370 e. The molecule has 2 rings (SSSR count). The van der Waals surface area contributed by atoms with Crippen LogP contribution in [0.3, 0.4) is 0 Å². The van der Waals surface area contributed by atoms with Gasteiger partial charge in [-0.2, -0.15) is 13.2 Å². The highest BCUT2D eigenvalue weighted by Gasteiger charge is 2.29. The third-order valence-electron chi connectivity index (χ3n) is 3.38. The number of hydrogen-bond acceptors (Lipinski definition) is 2. The summed E-state index contributed by atoms with van der Waals surface area (Å²) in [4.78, 5) is 8.38. The van der Waals surface area contributed by atoms with Crippen molar-refractivity contribution in [3.8, 4) is 0 Å². The number of nitrogens with two attached hydrogens (primary N) is 1. The van der Waals surface area contributed by atoms with Gasteiger partial charge in [-0.05, 0) is 36.2 Å². The molecule has 0 amide bonds. The summed E-state index contributed by atoms with van der Waals surface area (Å²) >= 11 is 0. The minimum absolute atomic E-state index is 0. The first-order valence-corrected chi connectivity index (χ1v) is 7.55. The highest BCUT2D eigenvalue weighted by Crippen LogP contribution is 2.29. The van der Waals surface area contributed by atoms with E-state index in [1.54, 1.807) is 6.20 Å². The van der Waals surface area contributed by atoms with Crippen LogP contribution in [0.25, 0.3) is 0 Å². The summed E-state index contributed by atoms with van der Waals surface area (Å²) in [6.07, 6.45) is -1.32. The van der Waals surface area contributed by atoms with E-state index in [-0.39, 0.29) is 24.0 Å². The zero-order valence-corrected chi connectivity index (χ0v) is 15.8. The first-order valence-electron chi connectivity index (χ1n) is 7.55. The van der Waals surface area contributed by atoms with Crippen molar-refractivity contribution in [2.45, 2.75) is 19.0 Å². The first kappa shape index (κ1) is 21.2. The monoisotopic (exact) mass is 464 g/mol. The van der Waals surface area contributed by atoms with E-state index in [0.29, 0.717) is 31.9 Å². The van der Waals surface area contributed by atoms with E-state index in [1.165, 1.54) is 12.1 Å². The maximum absolute atomic E-state index is 12.5. The van der Waals surface area contributed by atoms with Crippen molar-refractivity contribution in [1.29, 1.82) is 0 Å². The average molecular weight is 464 g/mol. The van der Waals surface area contributed by atoms with Crippen LogP contribution >= 0.6 is 24.0 Å². The molecule has 8 heteroatoms. The molecule has 1 aromatic heterocycles. The van der Waals surface area contributed by atoms with E-state index in [9.17, 15) is 13.2 Å². The largest absolute Gasteiger partial charge is 0.416 e. The highest BCUT2D eigenvalue weighted by atomic mass is 127. The molecule has 0 saturated carbocycles. The standard InChI is InChI=1S/C17H19F3N4.HI/c18-17(19,20)14-6-4-13(5-7-14)8-11-23-16(21)24-12-9-15-3-1-2-10-22-15;/h1-7,10H,8-9,11-12H2,(H3,21,23,24);1H. The molecular formula is C17H20F3IN4. The normalized spacial score (nSPS) is 11.7. The molecule has 0 atom stereocenters. The molecular weight excluding hydrogens is 444 g/mol. The Labute approximate surface area is 161 Å². The molecule has 0 fully saturated rings. The van der Waals surface area contributed by atoms with Crippen molar-refractivity contribution in [2.24, 2.45) is 10.7 Å². The van der Waals surface area contributed by atoms with Crippen LogP contribution in [0, 0.1) is 0 Å². The SMILES string of the molecule is I.NC(=NCCc1ccccn1)NCCc1ccc(C(F)(F)F)cc1. The van der Waals surface area contributed by atoms with Crippen LogP contribution in [-0.4, -0.2) is 24.0 Å². The van der Waals surface area contributed by atoms with Crippen molar-refractivity contribution in [3.05, 3.63) is 65.5 Å². The molecule has 2 aromatic rings. The average Bonchev–Trinajstić information content (AvgIpc) is 2.55. The van der Waals surface area contributed by atoms with Crippen molar-refractivity contribution in [3.63, 3.8) is 0 Å². The molecule has 3 N–H and O–H groups in total. The van der Waals surface area contributed by atoms with Crippen LogP contribution in [0.15, 0.2) is 53.7 Å². The zero-order chi connectivity index (χ0) is 17.4. The summed E-state index contributed by atoms with van der Waals surface area (Å²) in [5, 5.41) is 2.95. The van der Waals surface area contributed by atoms with Gasteiger partial charge in [0.15, 0.2) is 5.96 Å². The number of rotatable bonds is 6. The zero-order valence-electron chi connectivity index (χ0n) is 13.5. The number of guanidine groups is 1. The van der Waals surface area contributed by atoms with Gasteiger partial charge in [0.1, 0.15) is 0 Å². The van der Waals surface area contributed by atoms with Crippen LogP contribution in [0.2, 0.25) is 0 Å². The predicted octanol–water partition coefficient (Wildman–Crippen LogP) is 3.41. The summed E-state index contributed by atoms with van der Waals surface area (Å²) in [7, 11) is 0. The van der Waals surface area contributed by atoms with Gasteiger partial charge in [0.25, 0.3) is 0 Å². The van der Waals surface area contributed by atoms with Crippen molar-refractivity contribution in [2.75, 3.05) is 13.1 Å². The maximum atomic E-state index is 12.5. The summed E-state index contributed by atoms with van der Waals surface area (Å²) in [5.74, 6) is 0.317. The number of benzene rings is 1. The number of nitrogens with one attached hydrogen (secondary N) is 1. The number of halogens is 4. The van der Waals surface area contributed by atoms with E-state index in [1.807, 2.05) is 18.2 Å². The second-order valence-corrected chi connectivity index (χ2v) is 5.21. The molecule has 1 aromatic carbocycles. The van der Waals surface area contributed by atoms with Crippen molar-refractivity contribution >= 4 is 29.9 Å². The van der Waals surface area contributed by atoms with E-state index in [2.05, 4.69) is 15.3 Å². The number of alkyl halides is 3. The quantitative estimate of drug-likeness (QED) is 0.392. The Morgan fingerprint density at radius 2 is 1.80 bits per heavy atom. The number of aliphatic imine (C=N–C) groups is 1. The number of aromatic nitrogens is 1. The van der Waals surface area contributed by atoms with Crippen LogP contribution in [0.4, 0.5) is 13.2 Å². The molecule has 0 spiro atoms.